The molecule has 0 saturated heterocycles. The highest BCUT2D eigenvalue weighted by atomic mass is 19.1. The predicted molar refractivity (Wildman–Crippen MR) is 110 cm³/mol. The van der Waals surface area contributed by atoms with Crippen LogP contribution >= 0.6 is 0 Å². The van der Waals surface area contributed by atoms with Crippen LogP contribution < -0.4 is 4.74 Å². The largest absolute Gasteiger partial charge is 0.491 e. The molecule has 3 nitrogen and oxygen atoms in total. The number of para-hydroxylation sites is 1. The van der Waals surface area contributed by atoms with Crippen LogP contribution in [0.5, 0.6) is 5.75 Å². The second-order valence-corrected chi connectivity index (χ2v) is 6.98. The van der Waals surface area contributed by atoms with Crippen LogP contribution in [0.1, 0.15) is 16.7 Å². The fourth-order valence-corrected chi connectivity index (χ4v) is 3.15. The summed E-state index contributed by atoms with van der Waals surface area (Å²) in [6.07, 6.45) is -0.685. The molecule has 0 aliphatic heterocycles. The molecule has 0 aliphatic rings. The average Bonchev–Trinajstić information content (AvgIpc) is 2.70. The third-order valence-corrected chi connectivity index (χ3v) is 4.59. The van der Waals surface area contributed by atoms with Crippen LogP contribution in [0, 0.1) is 12.7 Å². The van der Waals surface area contributed by atoms with E-state index >= 15 is 0 Å². The van der Waals surface area contributed by atoms with E-state index in [0.717, 1.165) is 16.9 Å². The van der Waals surface area contributed by atoms with Gasteiger partial charge < -0.3 is 9.84 Å². The highest BCUT2D eigenvalue weighted by Crippen LogP contribution is 2.17. The van der Waals surface area contributed by atoms with Crippen molar-refractivity contribution in [3.05, 3.63) is 101 Å². The summed E-state index contributed by atoms with van der Waals surface area (Å²) in [5.41, 5.74) is 2.76. The zero-order chi connectivity index (χ0) is 19.8. The van der Waals surface area contributed by atoms with E-state index in [-0.39, 0.29) is 12.4 Å². The third kappa shape index (κ3) is 5.91. The lowest BCUT2D eigenvalue weighted by atomic mass is 10.1. The average molecular weight is 379 g/mol. The summed E-state index contributed by atoms with van der Waals surface area (Å²) < 4.78 is 19.9. The van der Waals surface area contributed by atoms with Crippen molar-refractivity contribution in [2.24, 2.45) is 0 Å². The number of benzene rings is 3. The van der Waals surface area contributed by atoms with E-state index in [1.807, 2.05) is 72.5 Å². The molecule has 0 radical (unpaired) electrons. The Morgan fingerprint density at radius 1 is 0.893 bits per heavy atom. The molecule has 0 bridgehead atoms. The fourth-order valence-electron chi connectivity index (χ4n) is 3.15. The molecular weight excluding hydrogens is 353 g/mol. The highest BCUT2D eigenvalue weighted by Gasteiger charge is 2.15. The number of aliphatic hydroxyl groups excluding tert-OH is 1. The second kappa shape index (κ2) is 10.0. The van der Waals surface area contributed by atoms with Crippen LogP contribution in [-0.2, 0) is 13.1 Å². The molecule has 3 aromatic carbocycles. The Labute approximate surface area is 166 Å². The van der Waals surface area contributed by atoms with E-state index in [9.17, 15) is 9.50 Å². The fraction of sp³-hybridized carbons (Fsp3) is 0.250. The Morgan fingerprint density at radius 3 is 2.32 bits per heavy atom. The molecule has 0 unspecified atom stereocenters. The maximum Gasteiger partial charge on any atom is 0.127 e. The molecule has 3 rings (SSSR count). The molecule has 0 amide bonds. The van der Waals surface area contributed by atoms with Crippen molar-refractivity contribution in [3.63, 3.8) is 0 Å². The van der Waals surface area contributed by atoms with Gasteiger partial charge in [-0.25, -0.2) is 4.39 Å². The minimum Gasteiger partial charge on any atom is -0.491 e. The summed E-state index contributed by atoms with van der Waals surface area (Å²) in [6, 6.07) is 24.5. The van der Waals surface area contributed by atoms with Crippen molar-refractivity contribution in [2.45, 2.75) is 26.1 Å². The van der Waals surface area contributed by atoms with E-state index in [2.05, 4.69) is 0 Å². The van der Waals surface area contributed by atoms with Crippen LogP contribution in [0.4, 0.5) is 4.39 Å². The summed E-state index contributed by atoms with van der Waals surface area (Å²) in [7, 11) is 0. The Morgan fingerprint density at radius 2 is 1.57 bits per heavy atom. The van der Waals surface area contributed by atoms with Crippen LogP contribution in [0.3, 0.4) is 0 Å². The van der Waals surface area contributed by atoms with Crippen LogP contribution in [0.2, 0.25) is 0 Å². The number of halogens is 1. The van der Waals surface area contributed by atoms with Gasteiger partial charge in [0.15, 0.2) is 0 Å². The minimum atomic E-state index is -0.685. The normalized spacial score (nSPS) is 12.1. The quantitative estimate of drug-likeness (QED) is 0.591. The lowest BCUT2D eigenvalue weighted by Crippen LogP contribution is -2.35. The molecule has 0 aromatic heterocycles. The number of hydrogen-bond donors (Lipinski definition) is 1. The molecule has 28 heavy (non-hydrogen) atoms. The smallest absolute Gasteiger partial charge is 0.127 e. The van der Waals surface area contributed by atoms with E-state index < -0.39 is 6.10 Å². The first kappa shape index (κ1) is 20.1. The van der Waals surface area contributed by atoms with Gasteiger partial charge in [0.2, 0.25) is 0 Å². The van der Waals surface area contributed by atoms with Gasteiger partial charge in [0.05, 0.1) is 0 Å². The Balaban J connectivity index is 1.65. The van der Waals surface area contributed by atoms with Gasteiger partial charge in [-0.2, -0.15) is 0 Å². The number of ether oxygens (including phenoxy) is 1. The molecule has 0 spiro atoms. The summed E-state index contributed by atoms with van der Waals surface area (Å²) >= 11 is 0. The SMILES string of the molecule is Cc1ccccc1OC[C@@H](O)CN(Cc1ccccc1)Cc1ccccc1F. The van der Waals surface area contributed by atoms with Crippen LogP contribution in [-0.4, -0.2) is 29.3 Å². The van der Waals surface area contributed by atoms with E-state index in [4.69, 9.17) is 4.74 Å². The van der Waals surface area contributed by atoms with Gasteiger partial charge in [0.1, 0.15) is 24.3 Å². The number of aliphatic hydroxyl groups is 1. The molecular formula is C24H26FNO2. The third-order valence-electron chi connectivity index (χ3n) is 4.59. The van der Waals surface area contributed by atoms with E-state index in [1.165, 1.54) is 6.07 Å². The van der Waals surface area contributed by atoms with Gasteiger partial charge in [-0.1, -0.05) is 66.7 Å². The van der Waals surface area contributed by atoms with Crippen LogP contribution in [0.25, 0.3) is 0 Å². The van der Waals surface area contributed by atoms with Crippen molar-refractivity contribution in [2.75, 3.05) is 13.2 Å². The topological polar surface area (TPSA) is 32.7 Å². The zero-order valence-corrected chi connectivity index (χ0v) is 16.1. The van der Waals surface area contributed by atoms with Gasteiger partial charge in [0.25, 0.3) is 0 Å². The predicted octanol–water partition coefficient (Wildman–Crippen LogP) is 4.58. The molecule has 1 atom stereocenters. The Bertz CT molecular complexity index is 869. The first-order chi connectivity index (χ1) is 13.6. The maximum absolute atomic E-state index is 14.1. The number of hydrogen-bond acceptors (Lipinski definition) is 3. The van der Waals surface area contributed by atoms with Gasteiger partial charge >= 0.3 is 0 Å². The summed E-state index contributed by atoms with van der Waals surface area (Å²) in [5.74, 6) is 0.538. The van der Waals surface area contributed by atoms with Crippen molar-refractivity contribution in [1.82, 2.24) is 4.90 Å². The molecule has 4 heteroatoms. The molecule has 0 fully saturated rings. The molecule has 0 heterocycles. The second-order valence-electron chi connectivity index (χ2n) is 6.98. The van der Waals surface area contributed by atoms with Gasteiger partial charge in [-0.05, 0) is 30.2 Å². The number of aryl methyl sites for hydroxylation is 1. The summed E-state index contributed by atoms with van der Waals surface area (Å²) in [6.45, 7) is 3.59. The summed E-state index contributed by atoms with van der Waals surface area (Å²) in [5, 5.41) is 10.5. The first-order valence-electron chi connectivity index (χ1n) is 9.48. The Hall–Kier alpha value is -2.69. The first-order valence-corrected chi connectivity index (χ1v) is 9.48. The van der Waals surface area contributed by atoms with Crippen molar-refractivity contribution >= 4 is 0 Å². The van der Waals surface area contributed by atoms with Gasteiger partial charge in [0, 0.05) is 25.2 Å². The van der Waals surface area contributed by atoms with Gasteiger partial charge in [-0.3, -0.25) is 4.90 Å². The summed E-state index contributed by atoms with van der Waals surface area (Å²) in [4.78, 5) is 2.04. The lowest BCUT2D eigenvalue weighted by Gasteiger charge is -2.26. The van der Waals surface area contributed by atoms with E-state index in [1.54, 1.807) is 12.1 Å². The Kier molecular flexibility index (Phi) is 7.18. The lowest BCUT2D eigenvalue weighted by molar-refractivity contribution is 0.0622. The monoisotopic (exact) mass is 379 g/mol. The standard InChI is InChI=1S/C24H26FNO2/c1-19-9-5-8-14-24(19)28-18-22(27)17-26(15-20-10-3-2-4-11-20)16-21-12-6-7-13-23(21)25/h2-14,22,27H,15-18H2,1H3/t22-/m0/s1. The van der Waals surface area contributed by atoms with E-state index in [0.29, 0.717) is 25.2 Å². The highest BCUT2D eigenvalue weighted by molar-refractivity contribution is 5.31. The van der Waals surface area contributed by atoms with Crippen molar-refractivity contribution in [1.29, 1.82) is 0 Å². The van der Waals surface area contributed by atoms with Crippen LogP contribution in [0.15, 0.2) is 78.9 Å². The zero-order valence-electron chi connectivity index (χ0n) is 16.1. The molecule has 0 aliphatic carbocycles. The molecule has 0 saturated carbocycles. The number of nitrogens with zero attached hydrogens (tertiary/aromatic N) is 1. The number of rotatable bonds is 9. The molecule has 146 valence electrons. The minimum absolute atomic E-state index is 0.188. The van der Waals surface area contributed by atoms with Crippen molar-refractivity contribution in [3.8, 4) is 5.75 Å². The molecule has 3 aromatic rings. The van der Waals surface area contributed by atoms with Crippen molar-refractivity contribution < 1.29 is 14.2 Å². The molecule has 1 N–H and O–H groups in total. The maximum atomic E-state index is 14.1. The van der Waals surface area contributed by atoms with Gasteiger partial charge in [-0.15, -0.1) is 0 Å².